The summed E-state index contributed by atoms with van der Waals surface area (Å²) < 4.78 is 55.4. The molecule has 11 heteroatoms. The lowest BCUT2D eigenvalue weighted by Crippen LogP contribution is -2.21. The molecule has 2 amide bonds. The van der Waals surface area contributed by atoms with Gasteiger partial charge in [0, 0.05) is 23.6 Å². The number of carbonyl (C=O) groups is 1. The van der Waals surface area contributed by atoms with Crippen molar-refractivity contribution in [2.75, 3.05) is 10.6 Å². The Balaban J connectivity index is 1.57. The number of imidazole rings is 1. The fraction of sp³-hybridized carbons (Fsp3) is 0.0500. The van der Waals surface area contributed by atoms with Crippen molar-refractivity contribution in [2.24, 2.45) is 0 Å². The van der Waals surface area contributed by atoms with E-state index in [1.54, 1.807) is 16.7 Å². The molecule has 0 aliphatic carbocycles. The molecule has 0 saturated carbocycles. The number of ether oxygens (including phenoxy) is 1. The molecule has 7 nitrogen and oxygen atoms in total. The molecule has 0 atom stereocenters. The first-order chi connectivity index (χ1) is 14.8. The zero-order chi connectivity index (χ0) is 22.0. The number of fused-ring (bicyclic) bond motifs is 1. The lowest BCUT2D eigenvalue weighted by atomic mass is 10.1. The molecular weight excluding hydrogens is 418 g/mol. The molecule has 158 valence electrons. The van der Waals surface area contributed by atoms with Gasteiger partial charge in [0.2, 0.25) is 5.78 Å². The van der Waals surface area contributed by atoms with Crippen molar-refractivity contribution < 1.29 is 27.1 Å². The van der Waals surface area contributed by atoms with Gasteiger partial charge in [-0.05, 0) is 54.6 Å². The van der Waals surface area contributed by atoms with Crippen LogP contribution >= 0.6 is 0 Å². The third-order valence-corrected chi connectivity index (χ3v) is 4.10. The number of carbonyl (C=O) groups excluding carboxylic acids is 1. The number of nitrogens with one attached hydrogen (secondary N) is 2. The largest absolute Gasteiger partial charge is 0.573 e. The van der Waals surface area contributed by atoms with Gasteiger partial charge in [-0.3, -0.25) is 9.72 Å². The van der Waals surface area contributed by atoms with E-state index >= 15 is 0 Å². The van der Waals surface area contributed by atoms with Crippen LogP contribution in [0.2, 0.25) is 0 Å². The van der Waals surface area contributed by atoms with Crippen LogP contribution in [0.3, 0.4) is 0 Å². The monoisotopic (exact) mass is 431 g/mol. The maximum atomic E-state index is 13.3. The Morgan fingerprint density at radius 1 is 1.00 bits per heavy atom. The summed E-state index contributed by atoms with van der Waals surface area (Å²) >= 11 is 0. The normalized spacial score (nSPS) is 11.4. The molecule has 2 aromatic carbocycles. The van der Waals surface area contributed by atoms with Gasteiger partial charge >= 0.3 is 12.4 Å². The molecule has 0 saturated heterocycles. The summed E-state index contributed by atoms with van der Waals surface area (Å²) in [5, 5.41) is 5.17. The number of alkyl halides is 3. The molecule has 0 radical (unpaired) electrons. The van der Waals surface area contributed by atoms with Gasteiger partial charge in [-0.25, -0.2) is 19.2 Å². The number of amides is 2. The van der Waals surface area contributed by atoms with Gasteiger partial charge in [0.1, 0.15) is 23.1 Å². The van der Waals surface area contributed by atoms with Crippen molar-refractivity contribution in [1.29, 1.82) is 0 Å². The van der Waals surface area contributed by atoms with E-state index in [0.717, 1.165) is 12.1 Å². The van der Waals surface area contributed by atoms with Crippen molar-refractivity contribution in [3.63, 3.8) is 0 Å². The van der Waals surface area contributed by atoms with Gasteiger partial charge in [-0.15, -0.1) is 13.2 Å². The van der Waals surface area contributed by atoms with Crippen molar-refractivity contribution in [1.82, 2.24) is 14.4 Å². The van der Waals surface area contributed by atoms with Crippen molar-refractivity contribution in [3.8, 4) is 17.0 Å². The average molecular weight is 431 g/mol. The Bertz CT molecular complexity index is 1220. The molecule has 2 aromatic heterocycles. The Kier molecular flexibility index (Phi) is 5.15. The second-order valence-corrected chi connectivity index (χ2v) is 6.26. The highest BCUT2D eigenvalue weighted by Gasteiger charge is 2.31. The van der Waals surface area contributed by atoms with E-state index in [2.05, 4.69) is 25.3 Å². The predicted octanol–water partition coefficient (Wildman–Crippen LogP) is 5.08. The van der Waals surface area contributed by atoms with Crippen molar-refractivity contribution in [2.45, 2.75) is 6.36 Å². The summed E-state index contributed by atoms with van der Waals surface area (Å²) in [7, 11) is 0. The summed E-state index contributed by atoms with van der Waals surface area (Å²) in [6, 6.07) is 11.2. The van der Waals surface area contributed by atoms with Gasteiger partial charge in [-0.1, -0.05) is 0 Å². The summed E-state index contributed by atoms with van der Waals surface area (Å²) in [5.74, 6) is -0.240. The summed E-state index contributed by atoms with van der Waals surface area (Å²) in [5.41, 5.74) is 1.15. The van der Waals surface area contributed by atoms with Crippen LogP contribution in [0.25, 0.3) is 17.0 Å². The number of benzene rings is 2. The van der Waals surface area contributed by atoms with Gasteiger partial charge in [0.05, 0.1) is 0 Å². The first-order valence-corrected chi connectivity index (χ1v) is 8.81. The molecule has 4 rings (SSSR count). The second-order valence-electron chi connectivity index (χ2n) is 6.26. The van der Waals surface area contributed by atoms with Crippen LogP contribution in [-0.2, 0) is 0 Å². The molecular formula is C20H13F4N5O2. The number of hydrogen-bond donors (Lipinski definition) is 2. The predicted molar refractivity (Wildman–Crippen MR) is 104 cm³/mol. The molecule has 0 fully saturated rings. The molecule has 4 aromatic rings. The Morgan fingerprint density at radius 2 is 1.71 bits per heavy atom. The molecule has 31 heavy (non-hydrogen) atoms. The van der Waals surface area contributed by atoms with Gasteiger partial charge in [-0.2, -0.15) is 0 Å². The van der Waals surface area contributed by atoms with E-state index in [1.165, 1.54) is 42.6 Å². The Labute approximate surface area is 172 Å². The minimum Gasteiger partial charge on any atom is -0.406 e. The third kappa shape index (κ3) is 4.71. The summed E-state index contributed by atoms with van der Waals surface area (Å²) in [6.45, 7) is 0. The molecule has 2 N–H and O–H groups in total. The highest BCUT2D eigenvalue weighted by atomic mass is 19.4. The van der Waals surface area contributed by atoms with Crippen LogP contribution in [0.4, 0.5) is 33.9 Å². The first kappa shape index (κ1) is 20.1. The molecule has 2 heterocycles. The zero-order valence-electron chi connectivity index (χ0n) is 15.5. The summed E-state index contributed by atoms with van der Waals surface area (Å²) in [4.78, 5) is 21.0. The van der Waals surface area contributed by atoms with Gasteiger partial charge in [0.25, 0.3) is 0 Å². The van der Waals surface area contributed by atoms with Crippen molar-refractivity contribution >= 4 is 23.3 Å². The Hall–Kier alpha value is -4.15. The van der Waals surface area contributed by atoms with Crippen LogP contribution < -0.4 is 15.4 Å². The van der Waals surface area contributed by atoms with E-state index in [4.69, 9.17) is 0 Å². The number of aromatic nitrogens is 3. The van der Waals surface area contributed by atoms with Crippen LogP contribution in [0.5, 0.6) is 5.75 Å². The number of anilines is 2. The van der Waals surface area contributed by atoms with Crippen LogP contribution in [0.1, 0.15) is 0 Å². The number of halogens is 4. The topological polar surface area (TPSA) is 80.5 Å². The van der Waals surface area contributed by atoms with E-state index in [9.17, 15) is 22.4 Å². The fourth-order valence-electron chi connectivity index (χ4n) is 2.83. The minimum absolute atomic E-state index is 0.238. The molecule has 0 bridgehead atoms. The number of rotatable bonds is 4. The number of urea groups is 1. The standard InChI is InChI=1S/C20H13F4N5O2/c21-13-4-2-12(3-5-13)16-17(29-11-1-10-25-18(29)27-16)28-19(30)26-14-6-8-15(9-7-14)31-20(22,23)24/h1-11H,(H2,26,28,30). The average Bonchev–Trinajstić information content (AvgIpc) is 3.07. The highest BCUT2D eigenvalue weighted by molar-refractivity contribution is 6.01. The van der Waals surface area contributed by atoms with Gasteiger partial charge < -0.3 is 10.1 Å². The maximum Gasteiger partial charge on any atom is 0.573 e. The number of nitrogens with zero attached hydrogens (tertiary/aromatic N) is 3. The fourth-order valence-corrected chi connectivity index (χ4v) is 2.83. The van der Waals surface area contributed by atoms with Crippen LogP contribution in [0, 0.1) is 5.82 Å². The van der Waals surface area contributed by atoms with Crippen LogP contribution in [-0.4, -0.2) is 26.8 Å². The SMILES string of the molecule is O=C(Nc1ccc(OC(F)(F)F)cc1)Nc1c(-c2ccc(F)cc2)nc2ncccn12. The number of hydrogen-bond acceptors (Lipinski definition) is 4. The lowest BCUT2D eigenvalue weighted by Gasteiger charge is -2.11. The van der Waals surface area contributed by atoms with Gasteiger partial charge in [0.15, 0.2) is 0 Å². The van der Waals surface area contributed by atoms with Crippen LogP contribution in [0.15, 0.2) is 67.0 Å². The van der Waals surface area contributed by atoms with E-state index in [0.29, 0.717) is 17.0 Å². The molecule has 0 unspecified atom stereocenters. The molecule has 0 aliphatic heterocycles. The minimum atomic E-state index is -4.81. The highest BCUT2D eigenvalue weighted by Crippen LogP contribution is 2.29. The third-order valence-electron chi connectivity index (χ3n) is 4.10. The first-order valence-electron chi connectivity index (χ1n) is 8.81. The van der Waals surface area contributed by atoms with E-state index in [1.807, 2.05) is 0 Å². The molecule has 0 aliphatic rings. The maximum absolute atomic E-state index is 13.3. The van der Waals surface area contributed by atoms with E-state index in [-0.39, 0.29) is 11.5 Å². The molecule has 0 spiro atoms. The van der Waals surface area contributed by atoms with Crippen molar-refractivity contribution in [3.05, 3.63) is 72.8 Å². The van der Waals surface area contributed by atoms with E-state index < -0.39 is 24.0 Å². The Morgan fingerprint density at radius 3 is 2.39 bits per heavy atom. The summed E-state index contributed by atoms with van der Waals surface area (Å²) in [6.07, 6.45) is -1.63. The lowest BCUT2D eigenvalue weighted by molar-refractivity contribution is -0.274. The quantitative estimate of drug-likeness (QED) is 0.442. The smallest absolute Gasteiger partial charge is 0.406 e. The zero-order valence-corrected chi connectivity index (χ0v) is 15.5. The second kappa shape index (κ2) is 7.94.